The van der Waals surface area contributed by atoms with Gasteiger partial charge in [-0.05, 0) is 35.9 Å². The lowest BCUT2D eigenvalue weighted by atomic mass is 9.91. The molecule has 1 fully saturated rings. The molecule has 4 heterocycles. The van der Waals surface area contributed by atoms with E-state index in [2.05, 4.69) is 0 Å². The Kier molecular flexibility index (Phi) is 9.62. The number of methoxy groups -OCH3 is 2. The summed E-state index contributed by atoms with van der Waals surface area (Å²) in [6.45, 7) is -0.780. The van der Waals surface area contributed by atoms with E-state index < -0.39 is 77.9 Å². The zero-order valence-corrected chi connectivity index (χ0v) is 30.4. The van der Waals surface area contributed by atoms with E-state index in [-0.39, 0.29) is 90.9 Å². The first kappa shape index (κ1) is 38.5. The predicted molar refractivity (Wildman–Crippen MR) is 198 cm³/mol. The predicted octanol–water partition coefficient (Wildman–Crippen LogP) is 2.63. The Labute approximate surface area is 325 Å². The summed E-state index contributed by atoms with van der Waals surface area (Å²) in [5, 5.41) is 107. The zero-order chi connectivity index (χ0) is 41.3. The standard InChI is InChI=1S/C40H36O18/c1-52-27-6-15(7-28(53-2)32(27)48)37-39(58-40-35(51)34(50)33(49)29(13-41)56-40)18-11-26(54-24-8-16(42)9-25(55-37)30(18)24)31-22(46)12-20(44)17-10-23(47)36(57-38(17)31)14-3-4-19(43)21(45)5-14/h3-9,11-12,23,29,33-36,40-41,43-51H,10,13H2,1-2H3. The topological polar surface area (TPSA) is 292 Å². The average molecular weight is 805 g/mol. The van der Waals surface area contributed by atoms with Gasteiger partial charge in [0, 0.05) is 41.1 Å². The highest BCUT2D eigenvalue weighted by molar-refractivity contribution is 6.10. The number of phenols is 5. The van der Waals surface area contributed by atoms with Crippen molar-refractivity contribution in [3.8, 4) is 74.4 Å². The second-order valence-corrected chi connectivity index (χ2v) is 13.8. The molecule has 6 aromatic rings. The highest BCUT2D eigenvalue weighted by Crippen LogP contribution is 2.53. The van der Waals surface area contributed by atoms with Crippen molar-refractivity contribution in [1.82, 2.24) is 0 Å². The number of rotatable bonds is 8. The van der Waals surface area contributed by atoms with Gasteiger partial charge in [0.2, 0.25) is 12.0 Å². The molecule has 58 heavy (non-hydrogen) atoms. The number of ether oxygens (including phenoxy) is 5. The normalized spacial score (nSPS) is 23.1. The molecule has 8 rings (SSSR count). The first-order chi connectivity index (χ1) is 27.7. The molecular weight excluding hydrogens is 768 g/mol. The van der Waals surface area contributed by atoms with Gasteiger partial charge in [-0.3, -0.25) is 4.79 Å². The Morgan fingerprint density at radius 1 is 0.759 bits per heavy atom. The number of hydrogen-bond donors (Lipinski definition) is 10. The molecule has 10 N–H and O–H groups in total. The highest BCUT2D eigenvalue weighted by atomic mass is 16.7. The molecule has 7 atom stereocenters. The summed E-state index contributed by atoms with van der Waals surface area (Å²) in [6.07, 6.45) is -11.4. The maximum absolute atomic E-state index is 13.2. The van der Waals surface area contributed by atoms with Gasteiger partial charge in [0.25, 0.3) is 0 Å². The Morgan fingerprint density at radius 3 is 2.10 bits per heavy atom. The van der Waals surface area contributed by atoms with Crippen LogP contribution in [0.1, 0.15) is 17.2 Å². The van der Waals surface area contributed by atoms with E-state index >= 15 is 0 Å². The van der Waals surface area contributed by atoms with E-state index in [0.717, 1.165) is 18.2 Å². The van der Waals surface area contributed by atoms with Crippen LogP contribution in [0.15, 0.2) is 68.2 Å². The summed E-state index contributed by atoms with van der Waals surface area (Å²) >= 11 is 0. The van der Waals surface area contributed by atoms with Crippen molar-refractivity contribution in [1.29, 1.82) is 0 Å². The smallest absolute Gasteiger partial charge is 0.229 e. The van der Waals surface area contributed by atoms with Crippen molar-refractivity contribution in [2.24, 2.45) is 0 Å². The molecule has 0 spiro atoms. The van der Waals surface area contributed by atoms with E-state index in [1.807, 2.05) is 0 Å². The van der Waals surface area contributed by atoms with Crippen LogP contribution in [0.4, 0.5) is 0 Å². The second-order valence-electron chi connectivity index (χ2n) is 13.8. The van der Waals surface area contributed by atoms with Crippen LogP contribution in [-0.4, -0.2) is 109 Å². The molecule has 304 valence electrons. The summed E-state index contributed by atoms with van der Waals surface area (Å²) in [7, 11) is 2.57. The fraction of sp³-hybridized carbons (Fsp3) is 0.275. The minimum Gasteiger partial charge on any atom is -0.507 e. The van der Waals surface area contributed by atoms with Gasteiger partial charge in [-0.1, -0.05) is 6.07 Å². The third-order valence-corrected chi connectivity index (χ3v) is 10.2. The lowest BCUT2D eigenvalue weighted by Gasteiger charge is -2.39. The number of aliphatic hydroxyl groups is 5. The van der Waals surface area contributed by atoms with Crippen LogP contribution in [0, 0.1) is 0 Å². The van der Waals surface area contributed by atoms with E-state index in [1.165, 1.54) is 50.6 Å². The number of fused-ring (bicyclic) bond motifs is 1. The largest absolute Gasteiger partial charge is 0.507 e. The van der Waals surface area contributed by atoms with Crippen LogP contribution in [0.25, 0.3) is 44.6 Å². The van der Waals surface area contributed by atoms with Gasteiger partial charge in [0.05, 0.1) is 32.3 Å². The first-order valence-corrected chi connectivity index (χ1v) is 17.6. The van der Waals surface area contributed by atoms with E-state index in [0.29, 0.717) is 0 Å². The minimum absolute atomic E-state index is 0.0570. The molecule has 2 aliphatic rings. The lowest BCUT2D eigenvalue weighted by molar-refractivity contribution is -0.277. The van der Waals surface area contributed by atoms with Crippen molar-refractivity contribution >= 4 is 21.9 Å². The summed E-state index contributed by atoms with van der Waals surface area (Å²) in [5.41, 5.74) is -0.532. The summed E-state index contributed by atoms with van der Waals surface area (Å²) < 4.78 is 41.5. The molecule has 0 amide bonds. The molecule has 18 nitrogen and oxygen atoms in total. The minimum atomic E-state index is -1.91. The number of aromatic hydroxyl groups is 5. The molecule has 2 aliphatic heterocycles. The Balaban J connectivity index is 1.41. The molecule has 0 aliphatic carbocycles. The SMILES string of the molecule is COc1cc(-c2oc3cc(=O)cc4oc(-c5c(O)cc(O)c6c5OC(c5ccc(O)c(O)c5)C(O)C6)cc(c2OC2OC(CO)C(O)C(O)C2O)c43)cc(OC)c1O. The summed E-state index contributed by atoms with van der Waals surface area (Å²) in [5.74, 6) is -3.26. The highest BCUT2D eigenvalue weighted by Gasteiger charge is 2.45. The van der Waals surface area contributed by atoms with E-state index in [4.69, 9.17) is 32.5 Å². The van der Waals surface area contributed by atoms with E-state index in [1.54, 1.807) is 0 Å². The lowest BCUT2D eigenvalue weighted by Crippen LogP contribution is -2.60. The average Bonchev–Trinajstić information content (AvgIpc) is 3.19. The molecule has 0 radical (unpaired) electrons. The van der Waals surface area contributed by atoms with Crippen molar-refractivity contribution in [2.75, 3.05) is 20.8 Å². The summed E-state index contributed by atoms with van der Waals surface area (Å²) in [6, 6.07) is 11.1. The Morgan fingerprint density at radius 2 is 1.45 bits per heavy atom. The van der Waals surface area contributed by atoms with Crippen LogP contribution in [0.5, 0.6) is 51.7 Å². The van der Waals surface area contributed by atoms with Crippen LogP contribution in [0.2, 0.25) is 0 Å². The van der Waals surface area contributed by atoms with Crippen LogP contribution >= 0.6 is 0 Å². The second kappa shape index (κ2) is 14.5. The van der Waals surface area contributed by atoms with E-state index in [9.17, 15) is 55.9 Å². The third kappa shape index (κ3) is 6.28. The monoisotopic (exact) mass is 804 g/mol. The quantitative estimate of drug-likeness (QED) is 0.0989. The van der Waals surface area contributed by atoms with Crippen LogP contribution in [0.3, 0.4) is 0 Å². The fourth-order valence-electron chi connectivity index (χ4n) is 7.30. The Bertz CT molecular complexity index is 2600. The van der Waals surface area contributed by atoms with Crippen LogP contribution < -0.4 is 24.4 Å². The van der Waals surface area contributed by atoms with Gasteiger partial charge in [-0.25, -0.2) is 0 Å². The number of aliphatic hydroxyl groups excluding tert-OH is 5. The van der Waals surface area contributed by atoms with Crippen molar-refractivity contribution in [3.05, 3.63) is 75.9 Å². The van der Waals surface area contributed by atoms with Gasteiger partial charge in [0.15, 0.2) is 39.9 Å². The van der Waals surface area contributed by atoms with Gasteiger partial charge >= 0.3 is 0 Å². The van der Waals surface area contributed by atoms with Gasteiger partial charge < -0.3 is 83.6 Å². The van der Waals surface area contributed by atoms with Gasteiger partial charge in [-0.2, -0.15) is 0 Å². The first-order valence-electron chi connectivity index (χ1n) is 17.6. The molecule has 0 bridgehead atoms. The van der Waals surface area contributed by atoms with Crippen molar-refractivity contribution in [3.63, 3.8) is 0 Å². The number of benzene rings is 4. The Hall–Kier alpha value is -6.41. The van der Waals surface area contributed by atoms with Gasteiger partial charge in [-0.15, -0.1) is 0 Å². The maximum atomic E-state index is 13.2. The molecule has 2 aromatic heterocycles. The van der Waals surface area contributed by atoms with Crippen molar-refractivity contribution in [2.45, 2.75) is 49.3 Å². The molecular formula is C40H36O18. The maximum Gasteiger partial charge on any atom is 0.229 e. The third-order valence-electron chi connectivity index (χ3n) is 10.2. The van der Waals surface area contributed by atoms with Crippen LogP contribution in [-0.2, 0) is 11.2 Å². The molecule has 0 saturated carbocycles. The van der Waals surface area contributed by atoms with Gasteiger partial charge in [0.1, 0.15) is 70.3 Å². The summed E-state index contributed by atoms with van der Waals surface area (Å²) in [4.78, 5) is 13.2. The zero-order valence-electron chi connectivity index (χ0n) is 30.4. The molecule has 1 saturated heterocycles. The molecule has 18 heteroatoms. The number of phenolic OH excluding ortho intramolecular Hbond substituents is 5. The number of hydrogen-bond acceptors (Lipinski definition) is 18. The molecule has 7 unspecified atom stereocenters. The molecule has 4 aromatic carbocycles. The fourth-order valence-corrected chi connectivity index (χ4v) is 7.30. The van der Waals surface area contributed by atoms with Crippen molar-refractivity contribution < 1.29 is 83.6 Å².